The lowest BCUT2D eigenvalue weighted by Gasteiger charge is -2.12. The summed E-state index contributed by atoms with van der Waals surface area (Å²) >= 11 is 0. The van der Waals surface area contributed by atoms with Crippen LogP contribution >= 0.6 is 0 Å². The minimum atomic E-state index is -4.58. The van der Waals surface area contributed by atoms with Gasteiger partial charge in [-0.25, -0.2) is 9.97 Å². The quantitative estimate of drug-likeness (QED) is 0.417. The van der Waals surface area contributed by atoms with Crippen LogP contribution in [0.5, 0.6) is 0 Å². The first-order chi connectivity index (χ1) is 13.9. The average molecular weight is 391 g/mol. The van der Waals surface area contributed by atoms with Crippen LogP contribution in [0.15, 0.2) is 79.0 Å². The Kier molecular flexibility index (Phi) is 4.84. The van der Waals surface area contributed by atoms with Gasteiger partial charge in [0.05, 0.1) is 5.69 Å². The molecule has 0 bridgehead atoms. The molecule has 4 rings (SSSR count). The van der Waals surface area contributed by atoms with Gasteiger partial charge in [-0.2, -0.15) is 13.2 Å². The minimum absolute atomic E-state index is 0.0215. The Morgan fingerprint density at radius 1 is 0.690 bits per heavy atom. The fourth-order valence-corrected chi connectivity index (χ4v) is 2.96. The van der Waals surface area contributed by atoms with Crippen molar-refractivity contribution in [3.63, 3.8) is 0 Å². The van der Waals surface area contributed by atoms with Gasteiger partial charge in [0.1, 0.15) is 5.69 Å². The summed E-state index contributed by atoms with van der Waals surface area (Å²) in [6.45, 7) is 1.81. The largest absolute Gasteiger partial charge is 0.433 e. The molecule has 0 amide bonds. The second-order valence-electron chi connectivity index (χ2n) is 6.59. The van der Waals surface area contributed by atoms with Crippen molar-refractivity contribution in [3.8, 4) is 33.8 Å². The summed E-state index contributed by atoms with van der Waals surface area (Å²) in [6, 6.07) is 21.2. The molecule has 6 heteroatoms. The molecule has 0 radical (unpaired) electrons. The van der Waals surface area contributed by atoms with Gasteiger partial charge in [0.2, 0.25) is 0 Å². The normalized spacial score (nSPS) is 11.4. The molecule has 144 valence electrons. The number of nitrogens with zero attached hydrogens (tertiary/aromatic N) is 3. The zero-order chi connectivity index (χ0) is 20.4. The summed E-state index contributed by atoms with van der Waals surface area (Å²) < 4.78 is 40.4. The molecule has 0 saturated carbocycles. The first-order valence-corrected chi connectivity index (χ1v) is 8.95. The van der Waals surface area contributed by atoms with Gasteiger partial charge in [-0.1, -0.05) is 48.5 Å². The van der Waals surface area contributed by atoms with Crippen molar-refractivity contribution >= 4 is 0 Å². The smallest absolute Gasteiger partial charge is 0.261 e. The average Bonchev–Trinajstić information content (AvgIpc) is 2.74. The number of benzene rings is 2. The van der Waals surface area contributed by atoms with Gasteiger partial charge in [0.15, 0.2) is 5.82 Å². The van der Waals surface area contributed by atoms with Crippen molar-refractivity contribution in [2.45, 2.75) is 13.1 Å². The van der Waals surface area contributed by atoms with Crippen LogP contribution in [0.1, 0.15) is 11.4 Å². The highest BCUT2D eigenvalue weighted by molar-refractivity contribution is 5.71. The summed E-state index contributed by atoms with van der Waals surface area (Å²) in [5.41, 5.74) is 2.83. The van der Waals surface area contributed by atoms with E-state index in [0.717, 1.165) is 22.9 Å². The zero-order valence-electron chi connectivity index (χ0n) is 15.5. The topological polar surface area (TPSA) is 38.7 Å². The van der Waals surface area contributed by atoms with E-state index in [1.54, 1.807) is 30.3 Å². The third-order valence-corrected chi connectivity index (χ3v) is 4.45. The van der Waals surface area contributed by atoms with Gasteiger partial charge < -0.3 is 0 Å². The van der Waals surface area contributed by atoms with Crippen LogP contribution in [-0.4, -0.2) is 15.0 Å². The molecule has 0 spiro atoms. The van der Waals surface area contributed by atoms with Crippen LogP contribution in [0, 0.1) is 6.92 Å². The lowest BCUT2D eigenvalue weighted by atomic mass is 10.0. The van der Waals surface area contributed by atoms with E-state index in [1.165, 1.54) is 6.20 Å². The van der Waals surface area contributed by atoms with Gasteiger partial charge in [-0.05, 0) is 42.3 Å². The molecule has 0 atom stereocenters. The summed E-state index contributed by atoms with van der Waals surface area (Å²) in [5, 5.41) is 0. The molecule has 2 aromatic carbocycles. The van der Waals surface area contributed by atoms with Gasteiger partial charge in [-0.3, -0.25) is 4.98 Å². The molecular formula is C23H16F3N3. The highest BCUT2D eigenvalue weighted by atomic mass is 19.4. The molecule has 2 heterocycles. The fourth-order valence-electron chi connectivity index (χ4n) is 2.96. The van der Waals surface area contributed by atoms with Crippen molar-refractivity contribution in [2.24, 2.45) is 0 Å². The maximum Gasteiger partial charge on any atom is 0.433 e. The Labute approximate surface area is 165 Å². The van der Waals surface area contributed by atoms with Crippen LogP contribution in [0.2, 0.25) is 0 Å². The van der Waals surface area contributed by atoms with Crippen LogP contribution in [0.3, 0.4) is 0 Å². The molecule has 29 heavy (non-hydrogen) atoms. The van der Waals surface area contributed by atoms with Gasteiger partial charge in [0, 0.05) is 23.0 Å². The van der Waals surface area contributed by atoms with E-state index < -0.39 is 11.9 Å². The number of rotatable bonds is 3. The third kappa shape index (κ3) is 4.16. The Bertz CT molecular complexity index is 1140. The number of aryl methyl sites for hydroxylation is 1. The highest BCUT2D eigenvalue weighted by Crippen LogP contribution is 2.33. The summed E-state index contributed by atoms with van der Waals surface area (Å²) in [7, 11) is 0. The Balaban J connectivity index is 1.85. The van der Waals surface area contributed by atoms with Crippen molar-refractivity contribution in [2.75, 3.05) is 0 Å². The summed E-state index contributed by atoms with van der Waals surface area (Å²) in [4.78, 5) is 12.4. The van der Waals surface area contributed by atoms with E-state index in [2.05, 4.69) is 15.0 Å². The second-order valence-corrected chi connectivity index (χ2v) is 6.59. The molecule has 3 nitrogen and oxygen atoms in total. The molecule has 4 aromatic rings. The van der Waals surface area contributed by atoms with E-state index >= 15 is 0 Å². The number of hydrogen-bond acceptors (Lipinski definition) is 3. The van der Waals surface area contributed by atoms with Crippen LogP contribution < -0.4 is 0 Å². The minimum Gasteiger partial charge on any atom is -0.261 e. The van der Waals surface area contributed by atoms with Crippen molar-refractivity contribution < 1.29 is 13.2 Å². The monoisotopic (exact) mass is 391 g/mol. The fraction of sp³-hybridized carbons (Fsp3) is 0.0870. The maximum atomic E-state index is 13.5. The first-order valence-electron chi connectivity index (χ1n) is 8.95. The molecule has 0 aliphatic carbocycles. The van der Waals surface area contributed by atoms with E-state index in [1.807, 2.05) is 43.3 Å². The molecule has 0 saturated heterocycles. The zero-order valence-corrected chi connectivity index (χ0v) is 15.5. The molecule has 0 N–H and O–H groups in total. The molecular weight excluding hydrogens is 375 g/mol. The Morgan fingerprint density at radius 3 is 2.10 bits per heavy atom. The molecule has 2 aromatic heterocycles. The van der Waals surface area contributed by atoms with Gasteiger partial charge >= 0.3 is 6.18 Å². The van der Waals surface area contributed by atoms with Crippen molar-refractivity contribution in [1.82, 2.24) is 15.0 Å². The van der Waals surface area contributed by atoms with E-state index in [-0.39, 0.29) is 11.5 Å². The predicted molar refractivity (Wildman–Crippen MR) is 106 cm³/mol. The standard InChI is InChI=1S/C23H16F3N3/c1-15-10-11-19(14-27-15)20-13-21(23(24,25)26)29-22(28-20)18-9-5-8-17(12-18)16-6-3-2-4-7-16/h2-14H,1H3. The predicted octanol–water partition coefficient (Wildman–Crippen LogP) is 6.20. The summed E-state index contributed by atoms with van der Waals surface area (Å²) in [5.74, 6) is 0.0215. The maximum absolute atomic E-state index is 13.5. The van der Waals surface area contributed by atoms with E-state index in [4.69, 9.17) is 0 Å². The lowest BCUT2D eigenvalue weighted by Crippen LogP contribution is -2.10. The Morgan fingerprint density at radius 2 is 1.41 bits per heavy atom. The van der Waals surface area contributed by atoms with E-state index in [0.29, 0.717) is 11.1 Å². The van der Waals surface area contributed by atoms with Crippen molar-refractivity contribution in [3.05, 3.63) is 90.4 Å². The lowest BCUT2D eigenvalue weighted by molar-refractivity contribution is -0.141. The van der Waals surface area contributed by atoms with Crippen molar-refractivity contribution in [1.29, 1.82) is 0 Å². The van der Waals surface area contributed by atoms with Gasteiger partial charge in [-0.15, -0.1) is 0 Å². The summed E-state index contributed by atoms with van der Waals surface area (Å²) in [6.07, 6.45) is -3.07. The van der Waals surface area contributed by atoms with Gasteiger partial charge in [0.25, 0.3) is 0 Å². The molecule has 0 aliphatic rings. The van der Waals surface area contributed by atoms with Crippen LogP contribution in [0.25, 0.3) is 33.8 Å². The molecule has 0 aliphatic heterocycles. The third-order valence-electron chi connectivity index (χ3n) is 4.45. The first kappa shape index (κ1) is 18.8. The number of aromatic nitrogens is 3. The molecule has 0 unspecified atom stereocenters. The SMILES string of the molecule is Cc1ccc(-c2cc(C(F)(F)F)nc(-c3cccc(-c4ccccc4)c3)n2)cn1. The number of hydrogen-bond donors (Lipinski definition) is 0. The molecule has 0 fully saturated rings. The van der Waals surface area contributed by atoms with E-state index in [9.17, 15) is 13.2 Å². The second kappa shape index (κ2) is 7.47. The highest BCUT2D eigenvalue weighted by Gasteiger charge is 2.34. The van der Waals surface area contributed by atoms with Crippen LogP contribution in [0.4, 0.5) is 13.2 Å². The Hall–Kier alpha value is -3.54. The number of pyridine rings is 1. The number of halogens is 3. The number of alkyl halides is 3. The van der Waals surface area contributed by atoms with Crippen LogP contribution in [-0.2, 0) is 6.18 Å².